The van der Waals surface area contributed by atoms with Gasteiger partial charge in [-0.15, -0.1) is 0 Å². The molecule has 2 aromatic heterocycles. The third-order valence-corrected chi connectivity index (χ3v) is 3.80. The van der Waals surface area contributed by atoms with Gasteiger partial charge in [0.15, 0.2) is 5.43 Å². The van der Waals surface area contributed by atoms with E-state index in [-0.39, 0.29) is 5.43 Å². The quantitative estimate of drug-likeness (QED) is 0.721. The molecule has 4 heteroatoms. The van der Waals surface area contributed by atoms with E-state index in [1.165, 1.54) is 0 Å². The highest BCUT2D eigenvalue weighted by Gasteiger charge is 2.07. The predicted molar refractivity (Wildman–Crippen MR) is 84.0 cm³/mol. The summed E-state index contributed by atoms with van der Waals surface area (Å²) in [5, 5.41) is 0.660. The Bertz CT molecular complexity index is 839. The topological polar surface area (TPSA) is 34.9 Å². The van der Waals surface area contributed by atoms with Gasteiger partial charge in [-0.05, 0) is 36.8 Å². The van der Waals surface area contributed by atoms with E-state index in [2.05, 4.69) is 37.6 Å². The molecule has 0 amide bonds. The van der Waals surface area contributed by atoms with Crippen LogP contribution < -0.4 is 5.43 Å². The molecule has 2 heterocycles. The average molecular weight is 329 g/mol. The van der Waals surface area contributed by atoms with Crippen LogP contribution in [0.5, 0.6) is 0 Å². The van der Waals surface area contributed by atoms with Crippen molar-refractivity contribution >= 4 is 27.0 Å². The Morgan fingerprint density at radius 2 is 2.05 bits per heavy atom. The van der Waals surface area contributed by atoms with Gasteiger partial charge in [-0.25, -0.2) is 4.98 Å². The molecule has 0 spiro atoms. The van der Waals surface area contributed by atoms with Crippen molar-refractivity contribution in [3.63, 3.8) is 0 Å². The first kappa shape index (κ1) is 13.1. The molecule has 1 aromatic carbocycles. The van der Waals surface area contributed by atoms with Crippen molar-refractivity contribution in [2.75, 3.05) is 0 Å². The number of aryl methyl sites for hydroxylation is 1. The minimum atomic E-state index is 0.0242. The van der Waals surface area contributed by atoms with E-state index in [1.807, 2.05) is 25.1 Å². The Balaban J connectivity index is 2.19. The highest BCUT2D eigenvalue weighted by Crippen LogP contribution is 2.16. The van der Waals surface area contributed by atoms with Crippen molar-refractivity contribution in [3.8, 4) is 0 Å². The molecule has 20 heavy (non-hydrogen) atoms. The van der Waals surface area contributed by atoms with Gasteiger partial charge in [0.2, 0.25) is 0 Å². The van der Waals surface area contributed by atoms with Crippen LogP contribution in [0.15, 0.2) is 57.9 Å². The number of nitrogens with zero attached hydrogens (tertiary/aromatic N) is 2. The van der Waals surface area contributed by atoms with Crippen LogP contribution in [0.4, 0.5) is 0 Å². The van der Waals surface area contributed by atoms with Crippen molar-refractivity contribution < 1.29 is 0 Å². The summed E-state index contributed by atoms with van der Waals surface area (Å²) in [6.45, 7) is 2.63. The minimum Gasteiger partial charge on any atom is -0.325 e. The fraction of sp³-hybridized carbons (Fsp3) is 0.125. The normalized spacial score (nSPS) is 10.9. The number of aromatic nitrogens is 2. The molecule has 3 aromatic rings. The summed E-state index contributed by atoms with van der Waals surface area (Å²) in [6, 6.07) is 13.4. The van der Waals surface area contributed by atoms with Crippen molar-refractivity contribution in [1.29, 1.82) is 0 Å². The number of fused-ring (bicyclic) bond motifs is 1. The zero-order valence-corrected chi connectivity index (χ0v) is 12.6. The number of halogens is 1. The molecule has 0 aliphatic rings. The smallest absolute Gasteiger partial charge is 0.191 e. The fourth-order valence-corrected chi connectivity index (χ4v) is 2.78. The SMILES string of the molecule is Cc1cc(=O)c2cccnc2n1Cc1cccc(Br)c1. The summed E-state index contributed by atoms with van der Waals surface area (Å²) in [5.74, 6) is 0. The number of benzene rings is 1. The number of pyridine rings is 2. The molecule has 0 aliphatic carbocycles. The van der Waals surface area contributed by atoms with Gasteiger partial charge in [-0.1, -0.05) is 28.1 Å². The van der Waals surface area contributed by atoms with E-state index in [1.54, 1.807) is 18.3 Å². The summed E-state index contributed by atoms with van der Waals surface area (Å²) in [6.07, 6.45) is 1.72. The van der Waals surface area contributed by atoms with E-state index in [0.29, 0.717) is 11.9 Å². The first-order valence-electron chi connectivity index (χ1n) is 6.35. The van der Waals surface area contributed by atoms with Gasteiger partial charge in [0.05, 0.1) is 5.39 Å². The van der Waals surface area contributed by atoms with Crippen molar-refractivity contribution in [2.45, 2.75) is 13.5 Å². The van der Waals surface area contributed by atoms with E-state index in [0.717, 1.165) is 21.4 Å². The lowest BCUT2D eigenvalue weighted by Crippen LogP contribution is -2.13. The third kappa shape index (κ3) is 2.39. The maximum Gasteiger partial charge on any atom is 0.191 e. The molecule has 0 unspecified atom stereocenters. The molecule has 0 saturated heterocycles. The van der Waals surface area contributed by atoms with Crippen molar-refractivity contribution in [3.05, 3.63) is 74.6 Å². The molecular weight excluding hydrogens is 316 g/mol. The van der Waals surface area contributed by atoms with Gasteiger partial charge in [0, 0.05) is 29.0 Å². The lowest BCUT2D eigenvalue weighted by atomic mass is 10.2. The summed E-state index contributed by atoms with van der Waals surface area (Å²) >= 11 is 3.48. The van der Waals surface area contributed by atoms with Crippen LogP contribution in [0.25, 0.3) is 11.0 Å². The van der Waals surface area contributed by atoms with Gasteiger partial charge in [-0.3, -0.25) is 4.79 Å². The number of rotatable bonds is 2. The summed E-state index contributed by atoms with van der Waals surface area (Å²) in [7, 11) is 0. The molecular formula is C16H13BrN2O. The summed E-state index contributed by atoms with van der Waals surface area (Å²) in [4.78, 5) is 16.4. The van der Waals surface area contributed by atoms with E-state index >= 15 is 0 Å². The monoisotopic (exact) mass is 328 g/mol. The first-order valence-corrected chi connectivity index (χ1v) is 7.14. The van der Waals surface area contributed by atoms with Gasteiger partial charge < -0.3 is 4.57 Å². The average Bonchev–Trinajstić information content (AvgIpc) is 2.43. The Labute approximate surface area is 125 Å². The molecule has 0 fully saturated rings. The number of hydrogen-bond donors (Lipinski definition) is 0. The van der Waals surface area contributed by atoms with Gasteiger partial charge in [-0.2, -0.15) is 0 Å². The lowest BCUT2D eigenvalue weighted by Gasteiger charge is -2.13. The molecule has 0 N–H and O–H groups in total. The van der Waals surface area contributed by atoms with Crippen LogP contribution in [0.3, 0.4) is 0 Å². The van der Waals surface area contributed by atoms with Crippen LogP contribution in [-0.4, -0.2) is 9.55 Å². The van der Waals surface area contributed by atoms with Crippen LogP contribution in [-0.2, 0) is 6.54 Å². The van der Waals surface area contributed by atoms with Gasteiger partial charge in [0.25, 0.3) is 0 Å². The Hall–Kier alpha value is -1.94. The van der Waals surface area contributed by atoms with Crippen LogP contribution in [0, 0.1) is 6.92 Å². The van der Waals surface area contributed by atoms with Gasteiger partial charge in [0.1, 0.15) is 5.65 Å². The van der Waals surface area contributed by atoms with Gasteiger partial charge >= 0.3 is 0 Å². The molecule has 0 atom stereocenters. The molecule has 0 radical (unpaired) electrons. The zero-order valence-electron chi connectivity index (χ0n) is 11.0. The summed E-state index contributed by atoms with van der Waals surface area (Å²) in [5.41, 5.74) is 2.84. The Morgan fingerprint density at radius 3 is 2.85 bits per heavy atom. The highest BCUT2D eigenvalue weighted by molar-refractivity contribution is 9.10. The maximum atomic E-state index is 12.0. The zero-order chi connectivity index (χ0) is 14.1. The van der Waals surface area contributed by atoms with Crippen LogP contribution >= 0.6 is 15.9 Å². The van der Waals surface area contributed by atoms with E-state index in [4.69, 9.17) is 0 Å². The molecule has 100 valence electrons. The Morgan fingerprint density at radius 1 is 1.20 bits per heavy atom. The summed E-state index contributed by atoms with van der Waals surface area (Å²) < 4.78 is 3.12. The molecule has 0 saturated carbocycles. The molecule has 0 aliphatic heterocycles. The lowest BCUT2D eigenvalue weighted by molar-refractivity contribution is 0.780. The van der Waals surface area contributed by atoms with Crippen molar-refractivity contribution in [2.24, 2.45) is 0 Å². The molecule has 3 rings (SSSR count). The fourth-order valence-electron chi connectivity index (χ4n) is 2.33. The Kier molecular flexibility index (Phi) is 3.40. The largest absolute Gasteiger partial charge is 0.325 e. The molecule has 0 bridgehead atoms. The van der Waals surface area contributed by atoms with Crippen LogP contribution in [0.2, 0.25) is 0 Å². The molecule has 3 nitrogen and oxygen atoms in total. The van der Waals surface area contributed by atoms with E-state index < -0.39 is 0 Å². The van der Waals surface area contributed by atoms with E-state index in [9.17, 15) is 4.79 Å². The maximum absolute atomic E-state index is 12.0. The number of hydrogen-bond acceptors (Lipinski definition) is 2. The second-order valence-corrected chi connectivity index (χ2v) is 5.66. The standard InChI is InChI=1S/C16H13BrN2O/c1-11-8-15(20)14-6-3-7-18-16(14)19(11)10-12-4-2-5-13(17)9-12/h2-9H,10H2,1H3. The van der Waals surface area contributed by atoms with Crippen LogP contribution in [0.1, 0.15) is 11.3 Å². The third-order valence-electron chi connectivity index (χ3n) is 3.30. The predicted octanol–water partition coefficient (Wildman–Crippen LogP) is 3.52. The highest BCUT2D eigenvalue weighted by atomic mass is 79.9. The minimum absolute atomic E-state index is 0.0242. The second kappa shape index (κ2) is 5.21. The first-order chi connectivity index (χ1) is 9.65. The second-order valence-electron chi connectivity index (χ2n) is 4.74. The van der Waals surface area contributed by atoms with Crippen molar-refractivity contribution in [1.82, 2.24) is 9.55 Å².